The number of hydrogen-bond donors (Lipinski definition) is 1. The van der Waals surface area contributed by atoms with E-state index in [0.29, 0.717) is 0 Å². The van der Waals surface area contributed by atoms with Crippen LogP contribution in [0.15, 0.2) is 46.9 Å². The van der Waals surface area contributed by atoms with Gasteiger partial charge < -0.3 is 9.67 Å². The van der Waals surface area contributed by atoms with Crippen molar-refractivity contribution in [3.8, 4) is 0 Å². The molecule has 0 spiro atoms. The molecule has 0 amide bonds. The Morgan fingerprint density at radius 2 is 1.83 bits per heavy atom. The van der Waals surface area contributed by atoms with E-state index in [4.69, 9.17) is 5.11 Å². The maximum Gasteiger partial charge on any atom is 0.323 e. The van der Waals surface area contributed by atoms with Crippen LogP contribution in [0.2, 0.25) is 0 Å². The lowest BCUT2D eigenvalue weighted by atomic mass is 10.2. The number of halogens is 1. The molecule has 0 atom stereocenters. The highest BCUT2D eigenvalue weighted by Gasteiger charge is 2.13. The summed E-state index contributed by atoms with van der Waals surface area (Å²) in [6.07, 6.45) is 0. The van der Waals surface area contributed by atoms with Crippen molar-refractivity contribution in [1.82, 2.24) is 4.57 Å². The molecule has 0 radical (unpaired) electrons. The van der Waals surface area contributed by atoms with Crippen molar-refractivity contribution < 1.29 is 9.90 Å². The third-order valence-electron chi connectivity index (χ3n) is 3.04. The minimum absolute atomic E-state index is 0.0351. The van der Waals surface area contributed by atoms with Gasteiger partial charge in [-0.25, -0.2) is 0 Å². The predicted molar refractivity (Wildman–Crippen MR) is 74.8 cm³/mol. The SMILES string of the molecule is O=C(O)Cn1c2ccccc2c2cccc(Br)c21. The molecule has 3 rings (SSSR count). The number of nitrogens with zero attached hydrogens (tertiary/aromatic N) is 1. The van der Waals surface area contributed by atoms with Crippen LogP contribution < -0.4 is 0 Å². The molecule has 3 nitrogen and oxygen atoms in total. The lowest BCUT2D eigenvalue weighted by Gasteiger charge is -2.04. The summed E-state index contributed by atoms with van der Waals surface area (Å²) in [5, 5.41) is 11.2. The Hall–Kier alpha value is -1.81. The zero-order valence-corrected chi connectivity index (χ0v) is 11.0. The quantitative estimate of drug-likeness (QED) is 0.785. The number of fused-ring (bicyclic) bond motifs is 3. The fourth-order valence-corrected chi connectivity index (χ4v) is 2.94. The molecule has 90 valence electrons. The third-order valence-corrected chi connectivity index (χ3v) is 3.67. The summed E-state index contributed by atoms with van der Waals surface area (Å²) in [5.41, 5.74) is 1.88. The van der Waals surface area contributed by atoms with Gasteiger partial charge in [0.05, 0.1) is 5.52 Å². The number of hydrogen-bond acceptors (Lipinski definition) is 1. The number of aliphatic carboxylic acids is 1. The topological polar surface area (TPSA) is 42.2 Å². The number of para-hydroxylation sites is 2. The van der Waals surface area contributed by atoms with Crippen LogP contribution in [0.1, 0.15) is 0 Å². The lowest BCUT2D eigenvalue weighted by Crippen LogP contribution is -2.08. The summed E-state index contributed by atoms with van der Waals surface area (Å²) >= 11 is 3.50. The number of carbonyl (C=O) groups is 1. The highest BCUT2D eigenvalue weighted by Crippen LogP contribution is 2.33. The first-order valence-electron chi connectivity index (χ1n) is 5.56. The second-order valence-corrected chi connectivity index (χ2v) is 4.99. The van der Waals surface area contributed by atoms with Gasteiger partial charge in [-0.15, -0.1) is 0 Å². The van der Waals surface area contributed by atoms with Crippen molar-refractivity contribution in [3.05, 3.63) is 46.9 Å². The van der Waals surface area contributed by atoms with Gasteiger partial charge in [0.25, 0.3) is 0 Å². The van der Waals surface area contributed by atoms with E-state index < -0.39 is 5.97 Å². The van der Waals surface area contributed by atoms with Crippen molar-refractivity contribution in [2.45, 2.75) is 6.54 Å². The van der Waals surface area contributed by atoms with Crippen molar-refractivity contribution >= 4 is 43.7 Å². The highest BCUT2D eigenvalue weighted by molar-refractivity contribution is 9.10. The van der Waals surface area contributed by atoms with Gasteiger partial charge in [-0.2, -0.15) is 0 Å². The van der Waals surface area contributed by atoms with Gasteiger partial charge in [-0.05, 0) is 28.1 Å². The van der Waals surface area contributed by atoms with Gasteiger partial charge in [0.1, 0.15) is 6.54 Å². The molecule has 1 N–H and O–H groups in total. The van der Waals surface area contributed by atoms with E-state index in [0.717, 1.165) is 26.3 Å². The van der Waals surface area contributed by atoms with Gasteiger partial charge >= 0.3 is 5.97 Å². The Morgan fingerprint density at radius 1 is 1.11 bits per heavy atom. The van der Waals surface area contributed by atoms with Crippen LogP contribution in [0.3, 0.4) is 0 Å². The Balaban J connectivity index is 2.50. The van der Waals surface area contributed by atoms with Gasteiger partial charge in [-0.3, -0.25) is 4.79 Å². The van der Waals surface area contributed by atoms with E-state index in [1.54, 1.807) is 0 Å². The lowest BCUT2D eigenvalue weighted by molar-refractivity contribution is -0.137. The van der Waals surface area contributed by atoms with Crippen LogP contribution in [0.4, 0.5) is 0 Å². The molecule has 0 bridgehead atoms. The molecular formula is C14H10BrNO2. The molecule has 0 unspecified atom stereocenters. The van der Waals surface area contributed by atoms with Crippen LogP contribution in [0.25, 0.3) is 21.8 Å². The molecule has 2 aromatic carbocycles. The Labute approximate surface area is 112 Å². The van der Waals surface area contributed by atoms with E-state index >= 15 is 0 Å². The Bertz CT molecular complexity index is 761. The zero-order valence-electron chi connectivity index (χ0n) is 9.43. The summed E-state index contributed by atoms with van der Waals surface area (Å²) in [5.74, 6) is -0.839. The average Bonchev–Trinajstić information content (AvgIpc) is 2.66. The second kappa shape index (κ2) is 4.14. The molecule has 0 saturated carbocycles. The van der Waals surface area contributed by atoms with Crippen LogP contribution in [-0.4, -0.2) is 15.6 Å². The fourth-order valence-electron chi connectivity index (χ4n) is 2.36. The monoisotopic (exact) mass is 303 g/mol. The average molecular weight is 304 g/mol. The summed E-state index contributed by atoms with van der Waals surface area (Å²) in [7, 11) is 0. The van der Waals surface area contributed by atoms with Gasteiger partial charge in [0.2, 0.25) is 0 Å². The minimum atomic E-state index is -0.839. The first-order valence-corrected chi connectivity index (χ1v) is 6.35. The van der Waals surface area contributed by atoms with Gasteiger partial charge in [-0.1, -0.05) is 30.3 Å². The molecule has 3 aromatic rings. The number of rotatable bonds is 2. The smallest absolute Gasteiger partial charge is 0.323 e. The molecule has 4 heteroatoms. The van der Waals surface area contributed by atoms with Crippen LogP contribution in [0.5, 0.6) is 0 Å². The maximum atomic E-state index is 11.0. The number of carboxylic acid groups (broad SMARTS) is 1. The van der Waals surface area contributed by atoms with E-state index in [-0.39, 0.29) is 6.54 Å². The largest absolute Gasteiger partial charge is 0.480 e. The van der Waals surface area contributed by atoms with Gasteiger partial charge in [0, 0.05) is 20.8 Å². The standard InChI is InChI=1S/C14H10BrNO2/c15-11-6-3-5-10-9-4-1-2-7-12(9)16(14(10)11)8-13(17)18/h1-7H,8H2,(H,17,18). The van der Waals surface area contributed by atoms with E-state index in [2.05, 4.69) is 15.9 Å². The van der Waals surface area contributed by atoms with Crippen molar-refractivity contribution in [2.24, 2.45) is 0 Å². The maximum absolute atomic E-state index is 11.0. The number of carboxylic acids is 1. The minimum Gasteiger partial charge on any atom is -0.480 e. The van der Waals surface area contributed by atoms with Crippen molar-refractivity contribution in [2.75, 3.05) is 0 Å². The molecule has 0 fully saturated rings. The summed E-state index contributed by atoms with van der Waals surface area (Å²) in [4.78, 5) is 11.0. The van der Waals surface area contributed by atoms with Crippen LogP contribution >= 0.6 is 15.9 Å². The van der Waals surface area contributed by atoms with Crippen molar-refractivity contribution in [3.63, 3.8) is 0 Å². The molecule has 1 heterocycles. The molecule has 1 aromatic heterocycles. The van der Waals surface area contributed by atoms with E-state index in [9.17, 15) is 4.79 Å². The highest BCUT2D eigenvalue weighted by atomic mass is 79.9. The zero-order chi connectivity index (χ0) is 12.7. The van der Waals surface area contributed by atoms with Gasteiger partial charge in [0.15, 0.2) is 0 Å². The molecule has 0 saturated heterocycles. The molecular weight excluding hydrogens is 294 g/mol. The fraction of sp³-hybridized carbons (Fsp3) is 0.0714. The summed E-state index contributed by atoms with van der Waals surface area (Å²) in [6, 6.07) is 13.8. The van der Waals surface area contributed by atoms with E-state index in [1.165, 1.54) is 0 Å². The Kier molecular flexibility index (Phi) is 2.59. The Morgan fingerprint density at radius 3 is 2.61 bits per heavy atom. The number of aromatic nitrogens is 1. The second-order valence-electron chi connectivity index (χ2n) is 4.13. The molecule has 18 heavy (non-hydrogen) atoms. The first kappa shape index (κ1) is 11.3. The van der Waals surface area contributed by atoms with Crippen LogP contribution in [0, 0.1) is 0 Å². The molecule has 0 aliphatic carbocycles. The summed E-state index contributed by atoms with van der Waals surface area (Å²) < 4.78 is 2.74. The summed E-state index contributed by atoms with van der Waals surface area (Å²) in [6.45, 7) is -0.0351. The number of benzene rings is 2. The first-order chi connectivity index (χ1) is 8.68. The normalized spacial score (nSPS) is 11.2. The predicted octanol–water partition coefficient (Wildman–Crippen LogP) is 3.64. The van der Waals surface area contributed by atoms with Crippen molar-refractivity contribution in [1.29, 1.82) is 0 Å². The molecule has 0 aliphatic rings. The van der Waals surface area contributed by atoms with Crippen LogP contribution in [-0.2, 0) is 11.3 Å². The third kappa shape index (κ3) is 1.61. The van der Waals surface area contributed by atoms with E-state index in [1.807, 2.05) is 47.0 Å². The molecule has 0 aliphatic heterocycles.